The Morgan fingerprint density at radius 2 is 1.93 bits per heavy atom. The highest BCUT2D eigenvalue weighted by Crippen LogP contribution is 1.98. The van der Waals surface area contributed by atoms with E-state index in [4.69, 9.17) is 14.2 Å². The minimum Gasteiger partial charge on any atom is -0.382 e. The first-order valence-electron chi connectivity index (χ1n) is 4.41. The summed E-state index contributed by atoms with van der Waals surface area (Å²) in [6, 6.07) is 0. The van der Waals surface area contributed by atoms with Gasteiger partial charge in [0.15, 0.2) is 0 Å². The van der Waals surface area contributed by atoms with E-state index in [1.807, 2.05) is 0 Å². The van der Waals surface area contributed by atoms with Crippen molar-refractivity contribution >= 4 is 5.91 Å². The molecule has 14 heavy (non-hydrogen) atoms. The molecule has 0 saturated carbocycles. The Labute approximate surface area is 84.9 Å². The van der Waals surface area contributed by atoms with Gasteiger partial charge in [0.25, 0.3) is 0 Å². The Morgan fingerprint density at radius 3 is 2.29 bits per heavy atom. The fourth-order valence-corrected chi connectivity index (χ4v) is 1.05. The van der Waals surface area contributed by atoms with Crippen molar-refractivity contribution in [3.8, 4) is 0 Å². The van der Waals surface area contributed by atoms with Crippen LogP contribution in [0.2, 0.25) is 0 Å². The van der Waals surface area contributed by atoms with Crippen LogP contribution in [-0.4, -0.2) is 58.1 Å². The predicted molar refractivity (Wildman–Crippen MR) is 51.9 cm³/mol. The van der Waals surface area contributed by atoms with Gasteiger partial charge in [0.2, 0.25) is 5.91 Å². The summed E-state index contributed by atoms with van der Waals surface area (Å²) in [6.07, 6.45) is -0.112. The van der Waals surface area contributed by atoms with Crippen LogP contribution in [0.1, 0.15) is 6.92 Å². The maximum Gasteiger partial charge on any atom is 0.221 e. The molecule has 0 heterocycles. The van der Waals surface area contributed by atoms with E-state index in [-0.39, 0.29) is 18.7 Å². The average molecular weight is 205 g/mol. The molecular weight excluding hydrogens is 186 g/mol. The molecule has 0 aromatic rings. The van der Waals surface area contributed by atoms with Crippen molar-refractivity contribution in [1.29, 1.82) is 0 Å². The molecule has 0 aromatic carbocycles. The van der Waals surface area contributed by atoms with Gasteiger partial charge in [0.05, 0.1) is 19.3 Å². The minimum absolute atomic E-state index is 0.0370. The summed E-state index contributed by atoms with van der Waals surface area (Å²) in [5.74, 6) is -0.0370. The summed E-state index contributed by atoms with van der Waals surface area (Å²) >= 11 is 0. The van der Waals surface area contributed by atoms with E-state index in [0.717, 1.165) is 0 Å². The molecule has 0 aliphatic heterocycles. The molecule has 1 unspecified atom stereocenters. The first kappa shape index (κ1) is 13.4. The zero-order valence-electron chi connectivity index (χ0n) is 9.28. The van der Waals surface area contributed by atoms with E-state index in [9.17, 15) is 4.79 Å². The quantitative estimate of drug-likeness (QED) is 0.553. The molecule has 0 spiro atoms. The normalized spacial score (nSPS) is 12.6. The number of carbonyl (C=O) groups excluding carboxylic acids is 1. The first-order chi connectivity index (χ1) is 6.65. The van der Waals surface area contributed by atoms with Crippen molar-refractivity contribution < 1.29 is 19.0 Å². The van der Waals surface area contributed by atoms with E-state index >= 15 is 0 Å². The smallest absolute Gasteiger partial charge is 0.221 e. The Morgan fingerprint density at radius 1 is 1.29 bits per heavy atom. The number of rotatable bonds is 7. The van der Waals surface area contributed by atoms with E-state index in [0.29, 0.717) is 13.2 Å². The molecule has 0 bridgehead atoms. The summed E-state index contributed by atoms with van der Waals surface area (Å²) in [7, 11) is 4.74. The van der Waals surface area contributed by atoms with Crippen LogP contribution in [0.15, 0.2) is 0 Å². The molecule has 0 fully saturated rings. The zero-order valence-corrected chi connectivity index (χ0v) is 9.28. The molecule has 0 aromatic heterocycles. The number of methoxy groups -OCH3 is 3. The second-order valence-electron chi connectivity index (χ2n) is 2.97. The van der Waals surface area contributed by atoms with Crippen molar-refractivity contribution in [2.75, 3.05) is 41.2 Å². The molecule has 0 rings (SSSR count). The molecule has 0 N–H and O–H groups in total. The van der Waals surface area contributed by atoms with E-state index in [2.05, 4.69) is 0 Å². The van der Waals surface area contributed by atoms with Crippen LogP contribution in [0.25, 0.3) is 0 Å². The summed E-state index contributed by atoms with van der Waals surface area (Å²) in [5, 5.41) is 0. The summed E-state index contributed by atoms with van der Waals surface area (Å²) < 4.78 is 15.0. The molecule has 84 valence electrons. The first-order valence-corrected chi connectivity index (χ1v) is 4.41. The molecule has 0 aliphatic carbocycles. The van der Waals surface area contributed by atoms with Crippen molar-refractivity contribution in [3.05, 3.63) is 0 Å². The molecule has 0 radical (unpaired) electrons. The van der Waals surface area contributed by atoms with Crippen LogP contribution in [0.4, 0.5) is 0 Å². The highest BCUT2D eigenvalue weighted by Gasteiger charge is 2.15. The van der Waals surface area contributed by atoms with Gasteiger partial charge < -0.3 is 19.1 Å². The molecule has 0 saturated heterocycles. The molecule has 0 aliphatic rings. The minimum atomic E-state index is -0.112. The Balaban J connectivity index is 4.03. The summed E-state index contributed by atoms with van der Waals surface area (Å²) in [4.78, 5) is 12.7. The van der Waals surface area contributed by atoms with Gasteiger partial charge in [0.1, 0.15) is 6.73 Å². The second-order valence-corrected chi connectivity index (χ2v) is 2.97. The zero-order chi connectivity index (χ0) is 11.0. The number of ether oxygens (including phenoxy) is 3. The lowest BCUT2D eigenvalue weighted by Crippen LogP contribution is -2.39. The fourth-order valence-electron chi connectivity index (χ4n) is 1.05. The highest BCUT2D eigenvalue weighted by molar-refractivity contribution is 5.73. The van der Waals surface area contributed by atoms with Gasteiger partial charge in [-0.1, -0.05) is 0 Å². The third kappa shape index (κ3) is 5.16. The van der Waals surface area contributed by atoms with Crippen LogP contribution in [-0.2, 0) is 19.0 Å². The summed E-state index contributed by atoms with van der Waals surface area (Å²) in [6.45, 7) is 2.72. The molecule has 5 heteroatoms. The maximum atomic E-state index is 11.1. The van der Waals surface area contributed by atoms with Gasteiger partial charge in [-0.15, -0.1) is 0 Å². The SMILES string of the molecule is COCC(CN(COC)C(C)=O)OC. The number of amides is 1. The van der Waals surface area contributed by atoms with Crippen molar-refractivity contribution in [1.82, 2.24) is 4.90 Å². The summed E-state index contributed by atoms with van der Waals surface area (Å²) in [5.41, 5.74) is 0. The fraction of sp³-hybridized carbons (Fsp3) is 0.889. The van der Waals surface area contributed by atoms with Gasteiger partial charge in [-0.05, 0) is 0 Å². The monoisotopic (exact) mass is 205 g/mol. The number of nitrogens with zero attached hydrogens (tertiary/aromatic N) is 1. The second kappa shape index (κ2) is 7.73. The molecule has 5 nitrogen and oxygen atoms in total. The Bertz CT molecular complexity index is 163. The van der Waals surface area contributed by atoms with Crippen LogP contribution in [0.3, 0.4) is 0 Å². The lowest BCUT2D eigenvalue weighted by Gasteiger charge is -2.24. The van der Waals surface area contributed by atoms with Gasteiger partial charge in [0, 0.05) is 28.3 Å². The van der Waals surface area contributed by atoms with E-state index < -0.39 is 0 Å². The van der Waals surface area contributed by atoms with Gasteiger partial charge >= 0.3 is 0 Å². The van der Waals surface area contributed by atoms with Crippen molar-refractivity contribution in [2.24, 2.45) is 0 Å². The third-order valence-corrected chi connectivity index (χ3v) is 1.84. The molecule has 1 atom stereocenters. The van der Waals surface area contributed by atoms with Gasteiger partial charge in [-0.25, -0.2) is 0 Å². The van der Waals surface area contributed by atoms with Crippen molar-refractivity contribution in [3.63, 3.8) is 0 Å². The number of carbonyl (C=O) groups is 1. The lowest BCUT2D eigenvalue weighted by molar-refractivity contribution is -0.136. The number of hydrogen-bond donors (Lipinski definition) is 0. The highest BCUT2D eigenvalue weighted by atomic mass is 16.5. The lowest BCUT2D eigenvalue weighted by atomic mass is 10.3. The van der Waals surface area contributed by atoms with Crippen LogP contribution in [0, 0.1) is 0 Å². The average Bonchev–Trinajstić information content (AvgIpc) is 2.15. The number of hydrogen-bond acceptors (Lipinski definition) is 4. The Kier molecular flexibility index (Phi) is 7.37. The van der Waals surface area contributed by atoms with Crippen molar-refractivity contribution in [2.45, 2.75) is 13.0 Å². The van der Waals surface area contributed by atoms with Crippen LogP contribution >= 0.6 is 0 Å². The van der Waals surface area contributed by atoms with Gasteiger partial charge in [-0.2, -0.15) is 0 Å². The largest absolute Gasteiger partial charge is 0.382 e. The molecular formula is C9H19NO4. The third-order valence-electron chi connectivity index (χ3n) is 1.84. The van der Waals surface area contributed by atoms with Gasteiger partial charge in [-0.3, -0.25) is 4.79 Å². The predicted octanol–water partition coefficient (Wildman–Crippen LogP) is 0.100. The van der Waals surface area contributed by atoms with E-state index in [1.165, 1.54) is 6.92 Å². The van der Waals surface area contributed by atoms with Crippen LogP contribution in [0.5, 0.6) is 0 Å². The van der Waals surface area contributed by atoms with Crippen LogP contribution < -0.4 is 0 Å². The van der Waals surface area contributed by atoms with E-state index in [1.54, 1.807) is 26.2 Å². The Hall–Kier alpha value is -0.650. The molecule has 1 amide bonds. The standard InChI is InChI=1S/C9H19NO4/c1-8(11)10(7-13-3)5-9(14-4)6-12-2/h9H,5-7H2,1-4H3. The topological polar surface area (TPSA) is 48.0 Å². The maximum absolute atomic E-state index is 11.1.